The van der Waals surface area contributed by atoms with Crippen LogP contribution in [-0.2, 0) is 17.1 Å². The van der Waals surface area contributed by atoms with E-state index in [1.807, 2.05) is 0 Å². The maximum atomic E-state index is 3.43. The molecule has 0 aliphatic carbocycles. The molecule has 0 unspecified atom stereocenters. The molecule has 0 fully saturated rings. The van der Waals surface area contributed by atoms with Gasteiger partial charge in [0.1, 0.15) is 0 Å². The van der Waals surface area contributed by atoms with Gasteiger partial charge in [0.25, 0.3) is 0 Å². The van der Waals surface area contributed by atoms with E-state index in [0.29, 0.717) is 0 Å². The predicted octanol–water partition coefficient (Wildman–Crippen LogP) is -4.23. The second-order valence-corrected chi connectivity index (χ2v) is 5.35. The van der Waals surface area contributed by atoms with Crippen LogP contribution in [0.1, 0.15) is 41.5 Å². The van der Waals surface area contributed by atoms with Crippen molar-refractivity contribution in [2.45, 2.75) is 52.6 Å². The molecule has 0 aromatic rings. The van der Waals surface area contributed by atoms with Crippen molar-refractivity contribution in [3.63, 3.8) is 0 Å². The predicted molar refractivity (Wildman–Crippen MR) is 55.5 cm³/mol. The summed E-state index contributed by atoms with van der Waals surface area (Å²) in [6, 6.07) is 0. The van der Waals surface area contributed by atoms with Gasteiger partial charge in [-0.05, 0) is 41.5 Å². The average molecular weight is 396 g/mol. The Morgan fingerprint density at radius 1 is 0.667 bits per heavy atom. The fourth-order valence-corrected chi connectivity index (χ4v) is 0.875. The van der Waals surface area contributed by atoms with Crippen LogP contribution < -0.4 is 44.6 Å². The summed E-state index contributed by atoms with van der Waals surface area (Å²) >= 11 is 0. The molecule has 0 spiro atoms. The van der Waals surface area contributed by atoms with Gasteiger partial charge in [-0.2, -0.15) is 0 Å². The summed E-state index contributed by atoms with van der Waals surface area (Å²) in [7, 11) is 0. The van der Waals surface area contributed by atoms with Gasteiger partial charge in [0.05, 0.1) is 0 Å². The van der Waals surface area contributed by atoms with Crippen LogP contribution in [0, 0.1) is 0 Å². The summed E-state index contributed by atoms with van der Waals surface area (Å²) < 4.78 is 0. The molecule has 0 bridgehead atoms. The summed E-state index contributed by atoms with van der Waals surface area (Å²) in [5.41, 5.74) is 0.471. The van der Waals surface area contributed by atoms with E-state index in [4.69, 9.17) is 0 Å². The maximum absolute atomic E-state index is 3.43. The van der Waals surface area contributed by atoms with Crippen LogP contribution in [0.2, 0.25) is 0 Å². The minimum atomic E-state index is 0. The van der Waals surface area contributed by atoms with Crippen molar-refractivity contribution in [2.75, 3.05) is 13.1 Å². The van der Waals surface area contributed by atoms with Crippen molar-refractivity contribution in [3.8, 4) is 0 Å². The fourth-order valence-electron chi connectivity index (χ4n) is 0.875. The third-order valence-corrected chi connectivity index (χ3v) is 1.44. The molecule has 2 nitrogen and oxygen atoms in total. The van der Waals surface area contributed by atoms with Crippen molar-refractivity contribution in [1.29, 1.82) is 0 Å². The van der Waals surface area contributed by atoms with Crippen LogP contribution in [0.4, 0.5) is 0 Å². The molecule has 0 aromatic carbocycles. The Hall–Kier alpha value is 1.40. The third-order valence-electron chi connectivity index (χ3n) is 1.44. The quantitative estimate of drug-likeness (QED) is 0.374. The molecule has 2 N–H and O–H groups in total. The van der Waals surface area contributed by atoms with Gasteiger partial charge in [-0.3, -0.25) is 0 Å². The number of hydrogen-bond donors (Lipinski definition) is 2. The van der Waals surface area contributed by atoms with E-state index in [-0.39, 0.29) is 62.1 Å². The SMILES string of the molecule is CC(C)(C)NCCNC(C)(C)C.[Br-].[Br-].[Cu+2]. The number of halogens is 2. The molecular weight excluding hydrogens is 371 g/mol. The van der Waals surface area contributed by atoms with Crippen LogP contribution >= 0.6 is 0 Å². The minimum absolute atomic E-state index is 0. The second kappa shape index (κ2) is 10.5. The molecule has 0 aliphatic rings. The second-order valence-electron chi connectivity index (χ2n) is 5.35. The van der Waals surface area contributed by atoms with Crippen LogP contribution in [-0.4, -0.2) is 24.2 Å². The number of rotatable bonds is 3. The molecule has 0 rings (SSSR count). The van der Waals surface area contributed by atoms with E-state index in [1.165, 1.54) is 0 Å². The van der Waals surface area contributed by atoms with Crippen LogP contribution in [0.15, 0.2) is 0 Å². The van der Waals surface area contributed by atoms with E-state index >= 15 is 0 Å². The standard InChI is InChI=1S/C10H24N2.2BrH.Cu/c1-9(2,3)11-7-8-12-10(4,5)6;;;/h11-12H,7-8H2,1-6H3;2*1H;/q;;;+2/p-2. The summed E-state index contributed by atoms with van der Waals surface area (Å²) in [6.07, 6.45) is 0. The molecule has 0 saturated carbocycles. The van der Waals surface area contributed by atoms with Gasteiger partial charge in [0.15, 0.2) is 0 Å². The summed E-state index contributed by atoms with van der Waals surface area (Å²) in [4.78, 5) is 0. The van der Waals surface area contributed by atoms with Gasteiger partial charge in [-0.15, -0.1) is 0 Å². The Balaban J connectivity index is -0.000000202. The van der Waals surface area contributed by atoms with E-state index in [0.717, 1.165) is 13.1 Å². The van der Waals surface area contributed by atoms with Crippen molar-refractivity contribution in [2.24, 2.45) is 0 Å². The number of nitrogens with one attached hydrogen (secondary N) is 2. The van der Waals surface area contributed by atoms with Crippen molar-refractivity contribution >= 4 is 0 Å². The first-order valence-corrected chi connectivity index (χ1v) is 4.71. The van der Waals surface area contributed by atoms with E-state index in [2.05, 4.69) is 52.2 Å². The van der Waals surface area contributed by atoms with Crippen molar-refractivity contribution in [1.82, 2.24) is 10.6 Å². The molecule has 99 valence electrons. The molecule has 0 aromatic heterocycles. The molecule has 1 radical (unpaired) electrons. The molecule has 0 heterocycles. The van der Waals surface area contributed by atoms with E-state index < -0.39 is 0 Å². The molecule has 0 amide bonds. The number of hydrogen-bond acceptors (Lipinski definition) is 2. The topological polar surface area (TPSA) is 24.1 Å². The van der Waals surface area contributed by atoms with Crippen molar-refractivity contribution < 1.29 is 51.0 Å². The summed E-state index contributed by atoms with van der Waals surface area (Å²) in [5, 5.41) is 6.86. The van der Waals surface area contributed by atoms with Crippen LogP contribution in [0.25, 0.3) is 0 Å². The maximum Gasteiger partial charge on any atom is 2.00 e. The Kier molecular flexibility index (Phi) is 17.8. The largest absolute Gasteiger partial charge is 2.00 e. The van der Waals surface area contributed by atoms with Gasteiger partial charge < -0.3 is 44.6 Å². The van der Waals surface area contributed by atoms with Gasteiger partial charge in [0, 0.05) is 24.2 Å². The summed E-state index contributed by atoms with van der Waals surface area (Å²) in [5.74, 6) is 0. The van der Waals surface area contributed by atoms with Gasteiger partial charge >= 0.3 is 17.1 Å². The summed E-state index contributed by atoms with van der Waals surface area (Å²) in [6.45, 7) is 15.2. The van der Waals surface area contributed by atoms with Gasteiger partial charge in [-0.25, -0.2) is 0 Å². The minimum Gasteiger partial charge on any atom is -1.00 e. The zero-order chi connectivity index (χ0) is 9.83. The van der Waals surface area contributed by atoms with E-state index in [9.17, 15) is 0 Å². The Morgan fingerprint density at radius 3 is 1.00 bits per heavy atom. The fraction of sp³-hybridized carbons (Fsp3) is 1.00. The smallest absolute Gasteiger partial charge is 1.00 e. The zero-order valence-corrected chi connectivity index (χ0v) is 14.6. The van der Waals surface area contributed by atoms with Crippen LogP contribution in [0.3, 0.4) is 0 Å². The molecule has 5 heteroatoms. The Labute approximate surface area is 127 Å². The Morgan fingerprint density at radius 2 is 0.867 bits per heavy atom. The van der Waals surface area contributed by atoms with Gasteiger partial charge in [-0.1, -0.05) is 0 Å². The normalized spacial score (nSPS) is 10.8. The average Bonchev–Trinajstić information content (AvgIpc) is 1.76. The molecule has 0 aliphatic heterocycles. The van der Waals surface area contributed by atoms with Crippen LogP contribution in [0.5, 0.6) is 0 Å². The van der Waals surface area contributed by atoms with Crippen molar-refractivity contribution in [3.05, 3.63) is 0 Å². The first-order chi connectivity index (χ1) is 5.21. The molecular formula is C10H24Br2CuN2. The Bertz CT molecular complexity index is 114. The first kappa shape index (κ1) is 25.3. The molecule has 15 heavy (non-hydrogen) atoms. The van der Waals surface area contributed by atoms with Gasteiger partial charge in [0.2, 0.25) is 0 Å². The molecule has 0 atom stereocenters. The van der Waals surface area contributed by atoms with E-state index in [1.54, 1.807) is 0 Å². The monoisotopic (exact) mass is 393 g/mol. The first-order valence-electron chi connectivity index (χ1n) is 4.71. The zero-order valence-electron chi connectivity index (χ0n) is 10.5. The molecule has 0 saturated heterocycles. The third kappa shape index (κ3) is 25.6.